The molecule has 0 radical (unpaired) electrons. The molecule has 1 aromatic carbocycles. The third kappa shape index (κ3) is 3.48. The number of aliphatic hydroxyl groups excluding tert-OH is 1. The van der Waals surface area contributed by atoms with Crippen LogP contribution in [-0.2, 0) is 0 Å². The fourth-order valence-electron chi connectivity index (χ4n) is 1.50. The van der Waals surface area contributed by atoms with Crippen LogP contribution < -0.4 is 5.73 Å². The van der Waals surface area contributed by atoms with Crippen LogP contribution in [0.3, 0.4) is 0 Å². The van der Waals surface area contributed by atoms with E-state index in [4.69, 9.17) is 5.73 Å². The van der Waals surface area contributed by atoms with E-state index in [1.54, 1.807) is 0 Å². The van der Waals surface area contributed by atoms with Crippen LogP contribution in [0.15, 0.2) is 18.2 Å². The highest BCUT2D eigenvalue weighted by Gasteiger charge is 2.25. The predicted octanol–water partition coefficient (Wildman–Crippen LogP) is 2.76. The highest BCUT2D eigenvalue weighted by molar-refractivity contribution is 5.21. The Morgan fingerprint density at radius 1 is 1.29 bits per heavy atom. The highest BCUT2D eigenvalue weighted by Crippen LogP contribution is 2.28. The smallest absolute Gasteiger partial charge is 0.164 e. The molecular formula is C13H19F2NO. The maximum Gasteiger partial charge on any atom is 0.164 e. The maximum atomic E-state index is 13.4. The minimum atomic E-state index is -1.08. The first kappa shape index (κ1) is 14.1. The lowest BCUT2D eigenvalue weighted by molar-refractivity contribution is 0.129. The first-order valence-electron chi connectivity index (χ1n) is 5.61. The van der Waals surface area contributed by atoms with E-state index < -0.39 is 17.7 Å². The molecule has 0 bridgehead atoms. The number of benzene rings is 1. The summed E-state index contributed by atoms with van der Waals surface area (Å²) < 4.78 is 26.4. The number of hydrogen-bond donors (Lipinski definition) is 2. The lowest BCUT2D eigenvalue weighted by atomic mass is 9.83. The highest BCUT2D eigenvalue weighted by atomic mass is 19.2. The van der Waals surface area contributed by atoms with Crippen LogP contribution in [0.2, 0.25) is 0 Å². The fraction of sp³-hybridized carbons (Fsp3) is 0.538. The van der Waals surface area contributed by atoms with Gasteiger partial charge in [-0.2, -0.15) is 0 Å². The Hall–Kier alpha value is -1.00. The second-order valence-corrected chi connectivity index (χ2v) is 5.37. The molecule has 0 fully saturated rings. The molecule has 2 atom stereocenters. The topological polar surface area (TPSA) is 46.2 Å². The van der Waals surface area contributed by atoms with Crippen LogP contribution in [0.1, 0.15) is 38.9 Å². The quantitative estimate of drug-likeness (QED) is 0.857. The Bertz CT molecular complexity index is 387. The maximum absolute atomic E-state index is 13.4. The standard InChI is InChI=1S/C13H19F2NO/c1-13(2,3)11(16)7-10(17)8-5-4-6-9(14)12(8)15/h4-6,10-11,17H,7,16H2,1-3H3/t10-,11+/m1/s1. The summed E-state index contributed by atoms with van der Waals surface area (Å²) in [5.41, 5.74) is 5.67. The molecule has 0 aliphatic rings. The zero-order chi connectivity index (χ0) is 13.2. The van der Waals surface area contributed by atoms with Crippen molar-refractivity contribution in [1.29, 1.82) is 0 Å². The van der Waals surface area contributed by atoms with Crippen LogP contribution in [0, 0.1) is 17.0 Å². The minimum absolute atomic E-state index is 0.0373. The molecule has 1 rings (SSSR count). The third-order valence-electron chi connectivity index (χ3n) is 2.93. The van der Waals surface area contributed by atoms with Gasteiger partial charge in [-0.15, -0.1) is 0 Å². The van der Waals surface area contributed by atoms with Crippen molar-refractivity contribution in [3.05, 3.63) is 35.4 Å². The summed E-state index contributed by atoms with van der Waals surface area (Å²) >= 11 is 0. The molecule has 3 N–H and O–H groups in total. The molecule has 0 unspecified atom stereocenters. The molecule has 0 spiro atoms. The van der Waals surface area contributed by atoms with E-state index >= 15 is 0 Å². The van der Waals surface area contributed by atoms with Crippen molar-refractivity contribution in [2.24, 2.45) is 11.1 Å². The SMILES string of the molecule is CC(C)(C)[C@@H](N)C[C@@H](O)c1cccc(F)c1F. The number of nitrogens with two attached hydrogens (primary N) is 1. The predicted molar refractivity (Wildman–Crippen MR) is 63.4 cm³/mol. The number of hydrogen-bond acceptors (Lipinski definition) is 2. The van der Waals surface area contributed by atoms with E-state index in [0.717, 1.165) is 6.07 Å². The molecule has 0 saturated carbocycles. The monoisotopic (exact) mass is 243 g/mol. The van der Waals surface area contributed by atoms with Crippen molar-refractivity contribution in [3.8, 4) is 0 Å². The van der Waals surface area contributed by atoms with Crippen LogP contribution in [0.25, 0.3) is 0 Å². The molecular weight excluding hydrogens is 224 g/mol. The summed E-state index contributed by atoms with van der Waals surface area (Å²) in [6.07, 6.45) is -0.885. The van der Waals surface area contributed by atoms with E-state index in [1.165, 1.54) is 12.1 Å². The van der Waals surface area contributed by atoms with Gasteiger partial charge in [-0.25, -0.2) is 8.78 Å². The van der Waals surface area contributed by atoms with Gasteiger partial charge in [0, 0.05) is 11.6 Å². The van der Waals surface area contributed by atoms with Gasteiger partial charge in [-0.05, 0) is 17.9 Å². The number of halogens is 2. The second-order valence-electron chi connectivity index (χ2n) is 5.37. The van der Waals surface area contributed by atoms with Crippen molar-refractivity contribution >= 4 is 0 Å². The Morgan fingerprint density at radius 3 is 2.41 bits per heavy atom. The van der Waals surface area contributed by atoms with Crippen molar-refractivity contribution in [2.75, 3.05) is 0 Å². The average Bonchev–Trinajstić information content (AvgIpc) is 2.20. The average molecular weight is 243 g/mol. The minimum Gasteiger partial charge on any atom is -0.388 e. The van der Waals surface area contributed by atoms with E-state index in [0.29, 0.717) is 0 Å². The van der Waals surface area contributed by atoms with Gasteiger partial charge < -0.3 is 10.8 Å². The summed E-state index contributed by atoms with van der Waals surface area (Å²) in [5.74, 6) is -1.95. The summed E-state index contributed by atoms with van der Waals surface area (Å²) in [6.45, 7) is 5.81. The number of rotatable bonds is 3. The Morgan fingerprint density at radius 2 is 1.88 bits per heavy atom. The van der Waals surface area contributed by atoms with Crippen molar-refractivity contribution in [1.82, 2.24) is 0 Å². The van der Waals surface area contributed by atoms with E-state index in [1.807, 2.05) is 20.8 Å². The Balaban J connectivity index is 2.84. The van der Waals surface area contributed by atoms with Crippen molar-refractivity contribution in [3.63, 3.8) is 0 Å². The molecule has 1 aromatic rings. The lowest BCUT2D eigenvalue weighted by Crippen LogP contribution is -2.36. The van der Waals surface area contributed by atoms with E-state index in [-0.39, 0.29) is 23.4 Å². The molecule has 0 aliphatic carbocycles. The van der Waals surface area contributed by atoms with Gasteiger partial charge in [0.15, 0.2) is 11.6 Å². The van der Waals surface area contributed by atoms with Gasteiger partial charge in [-0.3, -0.25) is 0 Å². The first-order chi connectivity index (χ1) is 7.73. The molecule has 0 aliphatic heterocycles. The molecule has 0 saturated heterocycles. The molecule has 4 heteroatoms. The third-order valence-corrected chi connectivity index (χ3v) is 2.93. The summed E-state index contributed by atoms with van der Waals surface area (Å²) in [7, 11) is 0. The van der Waals surface area contributed by atoms with E-state index in [2.05, 4.69) is 0 Å². The van der Waals surface area contributed by atoms with Crippen LogP contribution >= 0.6 is 0 Å². The molecule has 0 amide bonds. The molecule has 2 nitrogen and oxygen atoms in total. The Kier molecular flexibility index (Phi) is 4.22. The molecule has 17 heavy (non-hydrogen) atoms. The largest absolute Gasteiger partial charge is 0.388 e. The van der Waals surface area contributed by atoms with Crippen LogP contribution in [0.5, 0.6) is 0 Å². The van der Waals surface area contributed by atoms with Crippen molar-refractivity contribution < 1.29 is 13.9 Å². The van der Waals surface area contributed by atoms with Gasteiger partial charge >= 0.3 is 0 Å². The Labute approximate surface area is 100 Å². The lowest BCUT2D eigenvalue weighted by Gasteiger charge is -2.29. The molecule has 0 heterocycles. The van der Waals surface area contributed by atoms with Gasteiger partial charge in [0.25, 0.3) is 0 Å². The van der Waals surface area contributed by atoms with Crippen molar-refractivity contribution in [2.45, 2.75) is 39.3 Å². The van der Waals surface area contributed by atoms with Gasteiger partial charge in [0.2, 0.25) is 0 Å². The van der Waals surface area contributed by atoms with E-state index in [9.17, 15) is 13.9 Å². The number of aliphatic hydroxyl groups is 1. The zero-order valence-corrected chi connectivity index (χ0v) is 10.4. The summed E-state index contributed by atoms with van der Waals surface area (Å²) in [4.78, 5) is 0. The summed E-state index contributed by atoms with van der Waals surface area (Å²) in [5, 5.41) is 9.87. The van der Waals surface area contributed by atoms with Crippen LogP contribution in [-0.4, -0.2) is 11.1 Å². The summed E-state index contributed by atoms with van der Waals surface area (Å²) in [6, 6.07) is 3.48. The van der Waals surface area contributed by atoms with Gasteiger partial charge in [0.05, 0.1) is 6.10 Å². The van der Waals surface area contributed by atoms with Gasteiger partial charge in [0.1, 0.15) is 0 Å². The first-order valence-corrected chi connectivity index (χ1v) is 5.61. The zero-order valence-electron chi connectivity index (χ0n) is 10.4. The molecule has 96 valence electrons. The fourth-order valence-corrected chi connectivity index (χ4v) is 1.50. The normalized spacial score (nSPS) is 15.7. The van der Waals surface area contributed by atoms with Gasteiger partial charge in [-0.1, -0.05) is 32.9 Å². The molecule has 0 aromatic heterocycles. The second kappa shape index (κ2) is 5.10. The van der Waals surface area contributed by atoms with Crippen LogP contribution in [0.4, 0.5) is 8.78 Å².